The summed E-state index contributed by atoms with van der Waals surface area (Å²) >= 11 is 0. The Morgan fingerprint density at radius 1 is 1.15 bits per heavy atom. The second kappa shape index (κ2) is 6.62. The van der Waals surface area contributed by atoms with E-state index in [1.807, 2.05) is 42.5 Å². The van der Waals surface area contributed by atoms with Crippen LogP contribution in [0.4, 0.5) is 0 Å². The minimum Gasteiger partial charge on any atom is -0.508 e. The molecule has 2 rings (SSSR count). The van der Waals surface area contributed by atoms with Crippen molar-refractivity contribution in [1.29, 1.82) is 0 Å². The lowest BCUT2D eigenvalue weighted by molar-refractivity contribution is 0.414. The topological polar surface area (TPSA) is 29.5 Å². The summed E-state index contributed by atoms with van der Waals surface area (Å²) in [4.78, 5) is 0. The van der Waals surface area contributed by atoms with Crippen molar-refractivity contribution in [2.24, 2.45) is 0 Å². The van der Waals surface area contributed by atoms with Gasteiger partial charge in [-0.1, -0.05) is 42.5 Å². The fourth-order valence-corrected chi connectivity index (χ4v) is 1.97. The van der Waals surface area contributed by atoms with Crippen molar-refractivity contribution in [1.82, 2.24) is 0 Å². The molecule has 0 spiro atoms. The van der Waals surface area contributed by atoms with Crippen molar-refractivity contribution in [3.63, 3.8) is 0 Å². The highest BCUT2D eigenvalue weighted by Crippen LogP contribution is 2.24. The Hall–Kier alpha value is -2.48. The molecule has 0 amide bonds. The number of allylic oxidation sites excluding steroid dienone is 2. The first-order chi connectivity index (χ1) is 9.72. The summed E-state index contributed by atoms with van der Waals surface area (Å²) in [6.07, 6.45) is 5.99. The van der Waals surface area contributed by atoms with E-state index in [4.69, 9.17) is 4.74 Å². The van der Waals surface area contributed by atoms with Gasteiger partial charge in [-0.25, -0.2) is 0 Å². The third-order valence-electron chi connectivity index (χ3n) is 3.12. The van der Waals surface area contributed by atoms with Gasteiger partial charge in [-0.15, -0.1) is 6.58 Å². The number of benzene rings is 2. The molecule has 0 aliphatic rings. The highest BCUT2D eigenvalue weighted by atomic mass is 16.5. The van der Waals surface area contributed by atoms with Crippen LogP contribution in [0.2, 0.25) is 0 Å². The molecule has 2 aromatic rings. The molecular formula is C18H18O2. The highest BCUT2D eigenvalue weighted by Gasteiger charge is 2.04. The van der Waals surface area contributed by atoms with Gasteiger partial charge in [0.15, 0.2) is 0 Å². The summed E-state index contributed by atoms with van der Waals surface area (Å²) < 4.78 is 5.24. The zero-order chi connectivity index (χ0) is 14.4. The Morgan fingerprint density at radius 3 is 2.55 bits per heavy atom. The minimum atomic E-state index is 0.124. The molecule has 1 atom stereocenters. The molecule has 1 N–H and O–H groups in total. The first-order valence-electron chi connectivity index (χ1n) is 6.46. The summed E-state index contributed by atoms with van der Waals surface area (Å²) in [5, 5.41) is 9.26. The molecule has 0 radical (unpaired) electrons. The SMILES string of the molecule is C=CC(/C=C/c1ccc(O)cc1)c1cccc(OC)c1. The lowest BCUT2D eigenvalue weighted by Crippen LogP contribution is -1.92. The number of phenolic OH excluding ortho intramolecular Hbond substituents is 1. The predicted octanol–water partition coefficient (Wildman–Crippen LogP) is 4.38. The van der Waals surface area contributed by atoms with E-state index >= 15 is 0 Å². The van der Waals surface area contributed by atoms with Crippen molar-refractivity contribution >= 4 is 6.08 Å². The quantitative estimate of drug-likeness (QED) is 0.814. The van der Waals surface area contributed by atoms with Crippen molar-refractivity contribution < 1.29 is 9.84 Å². The lowest BCUT2D eigenvalue weighted by atomic mass is 9.97. The lowest BCUT2D eigenvalue weighted by Gasteiger charge is -2.09. The molecule has 2 heteroatoms. The number of rotatable bonds is 5. The fourth-order valence-electron chi connectivity index (χ4n) is 1.97. The van der Waals surface area contributed by atoms with Crippen LogP contribution in [0, 0.1) is 0 Å². The maximum Gasteiger partial charge on any atom is 0.119 e. The molecule has 0 aliphatic heterocycles. The van der Waals surface area contributed by atoms with Crippen LogP contribution in [-0.2, 0) is 0 Å². The molecule has 1 unspecified atom stereocenters. The number of phenols is 1. The number of hydrogen-bond acceptors (Lipinski definition) is 2. The van der Waals surface area contributed by atoms with E-state index in [2.05, 4.69) is 18.7 Å². The summed E-state index contributed by atoms with van der Waals surface area (Å²) in [6.45, 7) is 3.89. The zero-order valence-electron chi connectivity index (χ0n) is 11.5. The average molecular weight is 266 g/mol. The Morgan fingerprint density at radius 2 is 1.90 bits per heavy atom. The predicted molar refractivity (Wildman–Crippen MR) is 83.1 cm³/mol. The molecule has 0 saturated heterocycles. The second-order valence-electron chi connectivity index (χ2n) is 4.49. The van der Waals surface area contributed by atoms with Gasteiger partial charge >= 0.3 is 0 Å². The van der Waals surface area contributed by atoms with Crippen LogP contribution >= 0.6 is 0 Å². The van der Waals surface area contributed by atoms with Crippen LogP contribution in [0.15, 0.2) is 67.3 Å². The standard InChI is InChI=1S/C18H18O2/c1-3-15(16-5-4-6-18(13-16)20-2)10-7-14-8-11-17(19)12-9-14/h3-13,15,19H,1H2,2H3/b10-7+. The molecule has 2 nitrogen and oxygen atoms in total. The van der Waals surface area contributed by atoms with Crippen LogP contribution in [0.3, 0.4) is 0 Å². The molecule has 0 aromatic heterocycles. The smallest absolute Gasteiger partial charge is 0.119 e. The first kappa shape index (κ1) is 13.9. The van der Waals surface area contributed by atoms with Crippen LogP contribution < -0.4 is 4.74 Å². The molecular weight excluding hydrogens is 248 g/mol. The summed E-state index contributed by atoms with van der Waals surface area (Å²) in [5.41, 5.74) is 2.17. The molecule has 102 valence electrons. The molecule has 0 aliphatic carbocycles. The van der Waals surface area contributed by atoms with E-state index in [-0.39, 0.29) is 11.7 Å². The molecule has 20 heavy (non-hydrogen) atoms. The van der Waals surface area contributed by atoms with Gasteiger partial charge in [0.25, 0.3) is 0 Å². The Kier molecular flexibility index (Phi) is 4.61. The Balaban J connectivity index is 2.19. The monoisotopic (exact) mass is 266 g/mol. The maximum atomic E-state index is 9.26. The van der Waals surface area contributed by atoms with Gasteiger partial charge in [0.1, 0.15) is 11.5 Å². The summed E-state index contributed by atoms with van der Waals surface area (Å²) in [6, 6.07) is 15.0. The number of ether oxygens (including phenoxy) is 1. The van der Waals surface area contributed by atoms with Gasteiger partial charge in [-0.3, -0.25) is 0 Å². The molecule has 0 fully saturated rings. The summed E-state index contributed by atoms with van der Waals surface area (Å²) in [5.74, 6) is 1.24. The minimum absolute atomic E-state index is 0.124. The van der Waals surface area contributed by atoms with Crippen LogP contribution in [0.1, 0.15) is 17.0 Å². The highest BCUT2D eigenvalue weighted by molar-refractivity contribution is 5.53. The number of hydrogen-bond donors (Lipinski definition) is 1. The number of aromatic hydroxyl groups is 1. The maximum absolute atomic E-state index is 9.26. The van der Waals surface area contributed by atoms with Gasteiger partial charge in [0, 0.05) is 5.92 Å². The third kappa shape index (κ3) is 3.51. The van der Waals surface area contributed by atoms with E-state index in [1.54, 1.807) is 19.2 Å². The molecule has 0 bridgehead atoms. The van der Waals surface area contributed by atoms with Crippen molar-refractivity contribution in [3.05, 3.63) is 78.4 Å². The number of methoxy groups -OCH3 is 1. The van der Waals surface area contributed by atoms with Crippen molar-refractivity contribution in [3.8, 4) is 11.5 Å². The first-order valence-corrected chi connectivity index (χ1v) is 6.46. The van der Waals surface area contributed by atoms with Crippen LogP contribution in [0.5, 0.6) is 11.5 Å². The zero-order valence-corrected chi connectivity index (χ0v) is 11.5. The molecule has 0 saturated carbocycles. The van der Waals surface area contributed by atoms with Gasteiger partial charge in [-0.05, 0) is 35.4 Å². The van der Waals surface area contributed by atoms with Gasteiger partial charge in [0.2, 0.25) is 0 Å². The van der Waals surface area contributed by atoms with Crippen molar-refractivity contribution in [2.45, 2.75) is 5.92 Å². The van der Waals surface area contributed by atoms with Gasteiger partial charge in [-0.2, -0.15) is 0 Å². The Bertz CT molecular complexity index is 597. The normalized spacial score (nSPS) is 12.2. The molecule has 0 heterocycles. The van der Waals surface area contributed by atoms with Gasteiger partial charge in [0.05, 0.1) is 7.11 Å². The van der Waals surface area contributed by atoms with E-state index in [1.165, 1.54) is 0 Å². The largest absolute Gasteiger partial charge is 0.508 e. The van der Waals surface area contributed by atoms with Gasteiger partial charge < -0.3 is 9.84 Å². The Labute approximate surface area is 119 Å². The van der Waals surface area contributed by atoms with E-state index < -0.39 is 0 Å². The van der Waals surface area contributed by atoms with Crippen LogP contribution in [-0.4, -0.2) is 12.2 Å². The van der Waals surface area contributed by atoms with E-state index in [0.29, 0.717) is 0 Å². The molecule has 2 aromatic carbocycles. The second-order valence-corrected chi connectivity index (χ2v) is 4.49. The van der Waals surface area contributed by atoms with E-state index in [0.717, 1.165) is 16.9 Å². The van der Waals surface area contributed by atoms with Crippen LogP contribution in [0.25, 0.3) is 6.08 Å². The van der Waals surface area contributed by atoms with E-state index in [9.17, 15) is 5.11 Å². The van der Waals surface area contributed by atoms with Crippen molar-refractivity contribution in [2.75, 3.05) is 7.11 Å². The fraction of sp³-hybridized carbons (Fsp3) is 0.111. The third-order valence-corrected chi connectivity index (χ3v) is 3.12. The summed E-state index contributed by atoms with van der Waals surface area (Å²) in [7, 11) is 1.66. The average Bonchev–Trinajstić information content (AvgIpc) is 2.50.